The van der Waals surface area contributed by atoms with Gasteiger partial charge >= 0.3 is 5.97 Å². The van der Waals surface area contributed by atoms with Crippen molar-refractivity contribution < 1.29 is 28.2 Å². The maximum atomic E-state index is 13.5. The Labute approximate surface area is 160 Å². The van der Waals surface area contributed by atoms with E-state index in [1.165, 1.54) is 13.0 Å². The zero-order chi connectivity index (χ0) is 19.2. The third-order valence-corrected chi connectivity index (χ3v) is 4.69. The lowest BCUT2D eigenvalue weighted by Crippen LogP contribution is -2.30. The molecule has 1 aliphatic rings. The highest BCUT2D eigenvalue weighted by molar-refractivity contribution is 8.00. The van der Waals surface area contributed by atoms with Crippen LogP contribution in [-0.2, 0) is 14.3 Å². The van der Waals surface area contributed by atoms with Crippen molar-refractivity contribution in [3.8, 4) is 11.5 Å². The van der Waals surface area contributed by atoms with Gasteiger partial charge in [-0.2, -0.15) is 0 Å². The summed E-state index contributed by atoms with van der Waals surface area (Å²) in [7, 11) is 0. The van der Waals surface area contributed by atoms with Crippen molar-refractivity contribution in [2.24, 2.45) is 0 Å². The van der Waals surface area contributed by atoms with Crippen LogP contribution in [0.3, 0.4) is 0 Å². The minimum Gasteiger partial charge on any atom is -0.486 e. The smallest absolute Gasteiger partial charge is 0.317 e. The number of rotatable bonds is 6. The standard InChI is InChI=1S/C19H18FNO5S/c1-12(26-18(22)11-27-17-5-3-2-4-14(17)20)19(23)21-13-6-7-15-16(10-13)25-9-8-24-15/h2-7,10,12H,8-9,11H2,1H3,(H,21,23)/t12-/m1/s1. The summed E-state index contributed by atoms with van der Waals surface area (Å²) in [6, 6.07) is 11.2. The first kappa shape index (κ1) is 19.0. The van der Waals surface area contributed by atoms with E-state index < -0.39 is 23.8 Å². The Hall–Kier alpha value is -2.74. The molecule has 1 heterocycles. The number of esters is 1. The number of hydrogen-bond acceptors (Lipinski definition) is 6. The number of amides is 1. The first-order valence-corrected chi connectivity index (χ1v) is 9.29. The van der Waals surface area contributed by atoms with Crippen molar-refractivity contribution in [3.05, 3.63) is 48.3 Å². The van der Waals surface area contributed by atoms with Gasteiger partial charge in [0.2, 0.25) is 0 Å². The Bertz CT molecular complexity index is 845. The molecule has 1 N–H and O–H groups in total. The molecule has 27 heavy (non-hydrogen) atoms. The molecule has 2 aromatic carbocycles. The van der Waals surface area contributed by atoms with Crippen LogP contribution in [0.1, 0.15) is 6.92 Å². The summed E-state index contributed by atoms with van der Waals surface area (Å²) >= 11 is 1.02. The Kier molecular flexibility index (Phi) is 6.18. The van der Waals surface area contributed by atoms with E-state index in [2.05, 4.69) is 5.32 Å². The van der Waals surface area contributed by atoms with Crippen LogP contribution in [0.5, 0.6) is 11.5 Å². The van der Waals surface area contributed by atoms with Gasteiger partial charge in [-0.15, -0.1) is 11.8 Å². The summed E-state index contributed by atoms with van der Waals surface area (Å²) in [5.74, 6) is -0.416. The molecule has 6 nitrogen and oxygen atoms in total. The van der Waals surface area contributed by atoms with E-state index in [1.54, 1.807) is 36.4 Å². The van der Waals surface area contributed by atoms with Crippen molar-refractivity contribution in [3.63, 3.8) is 0 Å². The Morgan fingerprint density at radius 2 is 1.93 bits per heavy atom. The molecule has 0 fully saturated rings. The average Bonchev–Trinajstić information content (AvgIpc) is 2.67. The maximum Gasteiger partial charge on any atom is 0.317 e. The Morgan fingerprint density at radius 1 is 1.19 bits per heavy atom. The van der Waals surface area contributed by atoms with Crippen LogP contribution in [0.2, 0.25) is 0 Å². The summed E-state index contributed by atoms with van der Waals surface area (Å²) in [5, 5.41) is 2.66. The molecule has 3 rings (SSSR count). The lowest BCUT2D eigenvalue weighted by atomic mass is 10.2. The number of ether oxygens (including phenoxy) is 3. The largest absolute Gasteiger partial charge is 0.486 e. The van der Waals surface area contributed by atoms with Gasteiger partial charge < -0.3 is 19.5 Å². The summed E-state index contributed by atoms with van der Waals surface area (Å²) in [4.78, 5) is 24.5. The summed E-state index contributed by atoms with van der Waals surface area (Å²) in [6.45, 7) is 2.40. The van der Waals surface area contributed by atoms with Crippen LogP contribution in [0.15, 0.2) is 47.4 Å². The molecule has 0 aromatic heterocycles. The second-order valence-electron chi connectivity index (χ2n) is 5.70. The molecule has 0 unspecified atom stereocenters. The van der Waals surface area contributed by atoms with Gasteiger partial charge in [-0.25, -0.2) is 4.39 Å². The second-order valence-corrected chi connectivity index (χ2v) is 6.72. The van der Waals surface area contributed by atoms with Crippen molar-refractivity contribution in [1.82, 2.24) is 0 Å². The van der Waals surface area contributed by atoms with Crippen LogP contribution in [0, 0.1) is 5.82 Å². The molecule has 0 aliphatic carbocycles. The number of anilines is 1. The quantitative estimate of drug-likeness (QED) is 0.602. The number of nitrogens with one attached hydrogen (secondary N) is 1. The van der Waals surface area contributed by atoms with Crippen molar-refractivity contribution in [1.29, 1.82) is 0 Å². The van der Waals surface area contributed by atoms with Gasteiger partial charge in [0.1, 0.15) is 19.0 Å². The molecular formula is C19H18FNO5S. The van der Waals surface area contributed by atoms with E-state index in [0.29, 0.717) is 35.3 Å². The first-order chi connectivity index (χ1) is 13.0. The summed E-state index contributed by atoms with van der Waals surface area (Å²) in [5.41, 5.74) is 0.507. The molecule has 1 amide bonds. The second kappa shape index (κ2) is 8.77. The molecule has 142 valence electrons. The van der Waals surface area contributed by atoms with Crippen LogP contribution in [0.25, 0.3) is 0 Å². The topological polar surface area (TPSA) is 73.9 Å². The number of benzene rings is 2. The van der Waals surface area contributed by atoms with Gasteiger partial charge in [0.05, 0.1) is 5.75 Å². The number of carbonyl (C=O) groups is 2. The SMILES string of the molecule is C[C@@H](OC(=O)CSc1ccccc1F)C(=O)Nc1ccc2c(c1)OCCO2. The van der Waals surface area contributed by atoms with Crippen LogP contribution < -0.4 is 14.8 Å². The minimum atomic E-state index is -0.994. The third-order valence-electron chi connectivity index (χ3n) is 3.67. The number of carbonyl (C=O) groups excluding carboxylic acids is 2. The zero-order valence-electron chi connectivity index (χ0n) is 14.6. The summed E-state index contributed by atoms with van der Waals surface area (Å²) < 4.78 is 29.5. The molecule has 0 spiro atoms. The fourth-order valence-electron chi connectivity index (χ4n) is 2.35. The minimum absolute atomic E-state index is 0.0947. The Balaban J connectivity index is 1.50. The fraction of sp³-hybridized carbons (Fsp3) is 0.263. The molecule has 1 aliphatic heterocycles. The predicted octanol–water partition coefficient (Wildman–Crippen LogP) is 3.26. The van der Waals surface area contributed by atoms with Gasteiger partial charge in [0, 0.05) is 16.6 Å². The first-order valence-electron chi connectivity index (χ1n) is 8.30. The predicted molar refractivity (Wildman–Crippen MR) is 98.7 cm³/mol. The maximum absolute atomic E-state index is 13.5. The lowest BCUT2D eigenvalue weighted by molar-refractivity contribution is -0.150. The highest BCUT2D eigenvalue weighted by Gasteiger charge is 2.19. The van der Waals surface area contributed by atoms with Crippen molar-refractivity contribution >= 4 is 29.3 Å². The van der Waals surface area contributed by atoms with E-state index in [4.69, 9.17) is 14.2 Å². The van der Waals surface area contributed by atoms with Gasteiger partial charge in [-0.1, -0.05) is 12.1 Å². The van der Waals surface area contributed by atoms with Gasteiger partial charge in [0.15, 0.2) is 17.6 Å². The third kappa shape index (κ3) is 5.13. The van der Waals surface area contributed by atoms with Gasteiger partial charge in [-0.3, -0.25) is 9.59 Å². The monoisotopic (exact) mass is 391 g/mol. The normalized spacial score (nSPS) is 13.6. The van der Waals surface area contributed by atoms with Crippen LogP contribution >= 0.6 is 11.8 Å². The summed E-state index contributed by atoms with van der Waals surface area (Å²) in [6.07, 6.45) is -0.994. The molecule has 1 atom stereocenters. The lowest BCUT2D eigenvalue weighted by Gasteiger charge is -2.19. The van der Waals surface area contributed by atoms with E-state index in [1.807, 2.05) is 0 Å². The van der Waals surface area contributed by atoms with E-state index in [9.17, 15) is 14.0 Å². The fourth-order valence-corrected chi connectivity index (χ4v) is 3.07. The number of thioether (sulfide) groups is 1. The Morgan fingerprint density at radius 3 is 2.70 bits per heavy atom. The van der Waals surface area contributed by atoms with E-state index in [0.717, 1.165) is 11.8 Å². The number of halogens is 1. The van der Waals surface area contributed by atoms with Crippen LogP contribution in [0.4, 0.5) is 10.1 Å². The molecular weight excluding hydrogens is 373 g/mol. The average molecular weight is 391 g/mol. The molecule has 8 heteroatoms. The van der Waals surface area contributed by atoms with Gasteiger partial charge in [-0.05, 0) is 31.2 Å². The molecule has 0 saturated heterocycles. The molecule has 0 radical (unpaired) electrons. The molecule has 2 aromatic rings. The molecule has 0 bridgehead atoms. The molecule has 0 saturated carbocycles. The van der Waals surface area contributed by atoms with Crippen molar-refractivity contribution in [2.75, 3.05) is 24.3 Å². The number of hydrogen-bond donors (Lipinski definition) is 1. The highest BCUT2D eigenvalue weighted by atomic mass is 32.2. The highest BCUT2D eigenvalue weighted by Crippen LogP contribution is 2.32. The van der Waals surface area contributed by atoms with Crippen molar-refractivity contribution in [2.45, 2.75) is 17.9 Å². The number of fused-ring (bicyclic) bond motifs is 1. The van der Waals surface area contributed by atoms with Gasteiger partial charge in [0.25, 0.3) is 5.91 Å². The van der Waals surface area contributed by atoms with Crippen LogP contribution in [-0.4, -0.2) is 36.9 Å². The van der Waals surface area contributed by atoms with E-state index in [-0.39, 0.29) is 5.75 Å². The zero-order valence-corrected chi connectivity index (χ0v) is 15.4. The van der Waals surface area contributed by atoms with E-state index >= 15 is 0 Å².